The van der Waals surface area contributed by atoms with Gasteiger partial charge in [0.2, 0.25) is 5.88 Å². The third kappa shape index (κ3) is 5.57. The van der Waals surface area contributed by atoms with Crippen LogP contribution in [0.1, 0.15) is 21.7 Å². The van der Waals surface area contributed by atoms with Gasteiger partial charge in [-0.3, -0.25) is 9.78 Å². The largest absolute Gasteiger partial charge is 0.468 e. The summed E-state index contributed by atoms with van der Waals surface area (Å²) in [5, 5.41) is 2.66. The highest BCUT2D eigenvalue weighted by Gasteiger charge is 2.28. The molecule has 0 saturated heterocycles. The Bertz CT molecular complexity index is 672. The molecule has 0 aliphatic heterocycles. The van der Waals surface area contributed by atoms with Crippen molar-refractivity contribution >= 4 is 5.91 Å². The molecule has 23 heavy (non-hydrogen) atoms. The summed E-state index contributed by atoms with van der Waals surface area (Å²) in [5.41, 5.74) is 1.76. The van der Waals surface area contributed by atoms with Crippen LogP contribution in [-0.4, -0.2) is 28.7 Å². The van der Waals surface area contributed by atoms with Crippen molar-refractivity contribution in [3.8, 4) is 5.88 Å². The van der Waals surface area contributed by atoms with Crippen molar-refractivity contribution in [3.05, 3.63) is 53.5 Å². The fourth-order valence-corrected chi connectivity index (χ4v) is 1.73. The van der Waals surface area contributed by atoms with Gasteiger partial charge in [-0.25, -0.2) is 4.98 Å². The van der Waals surface area contributed by atoms with Crippen LogP contribution in [0, 0.1) is 6.92 Å². The number of hydrogen-bond acceptors (Lipinski definition) is 4. The molecule has 2 rings (SSSR count). The molecule has 0 bridgehead atoms. The first-order chi connectivity index (χ1) is 10.8. The number of carbonyl (C=O) groups is 1. The Morgan fingerprint density at radius 3 is 2.65 bits per heavy atom. The van der Waals surface area contributed by atoms with Crippen molar-refractivity contribution in [2.45, 2.75) is 19.6 Å². The summed E-state index contributed by atoms with van der Waals surface area (Å²) in [7, 11) is 0. The van der Waals surface area contributed by atoms with Crippen LogP contribution in [0.15, 0.2) is 36.5 Å². The lowest BCUT2D eigenvalue weighted by molar-refractivity contribution is -0.154. The molecule has 0 atom stereocenters. The molecule has 8 heteroatoms. The topological polar surface area (TPSA) is 64.1 Å². The fourth-order valence-electron chi connectivity index (χ4n) is 1.73. The molecule has 122 valence electrons. The number of halogens is 3. The molecule has 2 aromatic rings. The van der Waals surface area contributed by atoms with Crippen LogP contribution in [0.5, 0.6) is 5.88 Å². The highest BCUT2D eigenvalue weighted by molar-refractivity contribution is 5.93. The molecule has 0 radical (unpaired) electrons. The number of ether oxygens (including phenoxy) is 1. The van der Waals surface area contributed by atoms with E-state index < -0.39 is 18.7 Å². The molecule has 5 nitrogen and oxygen atoms in total. The van der Waals surface area contributed by atoms with Crippen LogP contribution < -0.4 is 10.1 Å². The summed E-state index contributed by atoms with van der Waals surface area (Å²) in [5.74, 6) is -0.595. The normalized spacial score (nSPS) is 11.1. The minimum absolute atomic E-state index is 0.195. The average Bonchev–Trinajstić information content (AvgIpc) is 2.50. The Morgan fingerprint density at radius 1 is 1.26 bits per heavy atom. The third-order valence-electron chi connectivity index (χ3n) is 2.76. The van der Waals surface area contributed by atoms with Crippen molar-refractivity contribution in [1.82, 2.24) is 15.3 Å². The maximum atomic E-state index is 12.0. The summed E-state index contributed by atoms with van der Waals surface area (Å²) in [6.07, 6.45) is -3.27. The van der Waals surface area contributed by atoms with Gasteiger partial charge in [0.25, 0.3) is 5.91 Å². The lowest BCUT2D eigenvalue weighted by Gasteiger charge is -2.09. The summed E-state index contributed by atoms with van der Waals surface area (Å²) in [6.45, 7) is 0.659. The van der Waals surface area contributed by atoms with Crippen molar-refractivity contribution in [2.24, 2.45) is 0 Å². The minimum Gasteiger partial charge on any atom is -0.468 e. The maximum absolute atomic E-state index is 12.0. The number of alkyl halides is 3. The van der Waals surface area contributed by atoms with Gasteiger partial charge < -0.3 is 10.1 Å². The predicted octanol–water partition coefficient (Wildman–Crippen LogP) is 2.66. The average molecular weight is 325 g/mol. The Labute approximate surface area is 130 Å². The molecule has 0 unspecified atom stereocenters. The van der Waals surface area contributed by atoms with E-state index in [9.17, 15) is 18.0 Å². The Morgan fingerprint density at radius 2 is 2.04 bits per heavy atom. The first kappa shape index (κ1) is 16.7. The quantitative estimate of drug-likeness (QED) is 0.918. The molecule has 0 saturated carbocycles. The van der Waals surface area contributed by atoms with Gasteiger partial charge in [-0.1, -0.05) is 6.07 Å². The first-order valence-electron chi connectivity index (χ1n) is 6.70. The van der Waals surface area contributed by atoms with Gasteiger partial charge in [0, 0.05) is 18.0 Å². The Kier molecular flexibility index (Phi) is 5.15. The van der Waals surface area contributed by atoms with Gasteiger partial charge in [0.15, 0.2) is 6.61 Å². The van der Waals surface area contributed by atoms with E-state index >= 15 is 0 Å². The summed E-state index contributed by atoms with van der Waals surface area (Å²) in [4.78, 5) is 19.8. The number of amides is 1. The molecule has 2 aromatic heterocycles. The molecule has 2 heterocycles. The summed E-state index contributed by atoms with van der Waals surface area (Å²) < 4.78 is 40.5. The second kappa shape index (κ2) is 7.08. The monoisotopic (exact) mass is 325 g/mol. The molecular weight excluding hydrogens is 311 g/mol. The van der Waals surface area contributed by atoms with Crippen LogP contribution >= 0.6 is 0 Å². The van der Waals surface area contributed by atoms with Crippen LogP contribution in [-0.2, 0) is 6.54 Å². The van der Waals surface area contributed by atoms with Crippen molar-refractivity contribution < 1.29 is 22.7 Å². The number of pyridine rings is 2. The van der Waals surface area contributed by atoms with E-state index in [0.29, 0.717) is 5.69 Å². The smallest absolute Gasteiger partial charge is 0.422 e. The number of aryl methyl sites for hydroxylation is 1. The van der Waals surface area contributed by atoms with Crippen molar-refractivity contribution in [1.29, 1.82) is 0 Å². The van der Waals surface area contributed by atoms with E-state index in [0.717, 1.165) is 11.9 Å². The number of carbonyl (C=O) groups excluding carboxylic acids is 1. The second-order valence-corrected chi connectivity index (χ2v) is 4.74. The molecule has 1 N–H and O–H groups in total. The fraction of sp³-hybridized carbons (Fsp3) is 0.267. The van der Waals surface area contributed by atoms with Gasteiger partial charge in [-0.2, -0.15) is 13.2 Å². The molecule has 0 fully saturated rings. The number of nitrogens with zero attached hydrogens (tertiary/aromatic N) is 2. The SMILES string of the molecule is Cc1cccc(CNC(=O)c2ccc(OCC(F)(F)F)nc2)n1. The van der Waals surface area contributed by atoms with Gasteiger partial charge >= 0.3 is 6.18 Å². The van der Waals surface area contributed by atoms with E-state index in [1.807, 2.05) is 19.1 Å². The van der Waals surface area contributed by atoms with Gasteiger partial charge in [-0.15, -0.1) is 0 Å². The zero-order valence-corrected chi connectivity index (χ0v) is 12.2. The third-order valence-corrected chi connectivity index (χ3v) is 2.76. The maximum Gasteiger partial charge on any atom is 0.422 e. The Balaban J connectivity index is 1.90. The first-order valence-corrected chi connectivity index (χ1v) is 6.70. The van der Waals surface area contributed by atoms with Crippen molar-refractivity contribution in [3.63, 3.8) is 0 Å². The summed E-state index contributed by atoms with van der Waals surface area (Å²) in [6, 6.07) is 8.01. The minimum atomic E-state index is -4.43. The Hall–Kier alpha value is -2.64. The highest BCUT2D eigenvalue weighted by Crippen LogP contribution is 2.17. The van der Waals surface area contributed by atoms with E-state index in [1.54, 1.807) is 6.07 Å². The van der Waals surface area contributed by atoms with E-state index in [1.165, 1.54) is 12.1 Å². The predicted molar refractivity (Wildman–Crippen MR) is 75.9 cm³/mol. The number of hydrogen-bond donors (Lipinski definition) is 1. The standard InChI is InChI=1S/C15H14F3N3O2/c1-10-3-2-4-12(21-10)8-20-14(22)11-5-6-13(19-7-11)23-9-15(16,17)18/h2-7H,8-9H2,1H3,(H,20,22). The van der Waals surface area contributed by atoms with E-state index in [4.69, 9.17) is 0 Å². The van der Waals surface area contributed by atoms with Gasteiger partial charge in [0.05, 0.1) is 17.8 Å². The zero-order chi connectivity index (χ0) is 16.9. The van der Waals surface area contributed by atoms with Crippen molar-refractivity contribution in [2.75, 3.05) is 6.61 Å². The molecular formula is C15H14F3N3O2. The number of aromatic nitrogens is 2. The van der Waals surface area contributed by atoms with Crippen LogP contribution in [0.4, 0.5) is 13.2 Å². The summed E-state index contributed by atoms with van der Waals surface area (Å²) >= 11 is 0. The van der Waals surface area contributed by atoms with Crippen LogP contribution in [0.25, 0.3) is 0 Å². The van der Waals surface area contributed by atoms with Gasteiger partial charge in [-0.05, 0) is 25.1 Å². The second-order valence-electron chi connectivity index (χ2n) is 4.74. The lowest BCUT2D eigenvalue weighted by atomic mass is 10.2. The molecule has 0 aliphatic rings. The number of rotatable bonds is 5. The lowest BCUT2D eigenvalue weighted by Crippen LogP contribution is -2.23. The number of nitrogens with one attached hydrogen (secondary N) is 1. The molecule has 0 aliphatic carbocycles. The van der Waals surface area contributed by atoms with E-state index in [-0.39, 0.29) is 18.0 Å². The van der Waals surface area contributed by atoms with E-state index in [2.05, 4.69) is 20.0 Å². The molecule has 1 amide bonds. The van der Waals surface area contributed by atoms with Crippen LogP contribution in [0.3, 0.4) is 0 Å². The molecule has 0 aromatic carbocycles. The molecule has 0 spiro atoms. The highest BCUT2D eigenvalue weighted by atomic mass is 19.4. The van der Waals surface area contributed by atoms with Gasteiger partial charge in [0.1, 0.15) is 0 Å². The van der Waals surface area contributed by atoms with Crippen LogP contribution in [0.2, 0.25) is 0 Å². The zero-order valence-electron chi connectivity index (χ0n) is 12.2.